The van der Waals surface area contributed by atoms with Crippen LogP contribution in [-0.2, 0) is 17.5 Å². The molecule has 0 bridgehead atoms. The molecule has 1 saturated carbocycles. The van der Waals surface area contributed by atoms with E-state index in [1.54, 1.807) is 0 Å². The molecule has 0 unspecified atom stereocenters. The van der Waals surface area contributed by atoms with Crippen LogP contribution >= 0.6 is 0 Å². The average molecular weight is 304 g/mol. The predicted octanol–water partition coefficient (Wildman–Crippen LogP) is 0.756. The molecule has 1 aromatic rings. The molecule has 1 amide bonds. The van der Waals surface area contributed by atoms with Gasteiger partial charge in [0.05, 0.1) is 6.61 Å². The fraction of sp³-hybridized carbons (Fsp3) is 0.538. The number of rotatable bonds is 5. The standard InChI is InChI=1S/C13H15F3N2O3/c14-13(15,16)9-2-1-5-18(11(9)21)6-10(20)17-7-12(8-19)3-4-12/h1-2,5,19H,3-4,6-8H2,(H,17,20). The maximum atomic E-state index is 12.6. The Bertz CT molecular complexity index is 591. The molecule has 0 radical (unpaired) electrons. The van der Waals surface area contributed by atoms with Crippen molar-refractivity contribution in [2.45, 2.75) is 25.6 Å². The van der Waals surface area contributed by atoms with Crippen LogP contribution in [0.4, 0.5) is 13.2 Å². The van der Waals surface area contributed by atoms with Crippen molar-refractivity contribution in [3.63, 3.8) is 0 Å². The monoisotopic (exact) mass is 304 g/mol. The normalized spacial score (nSPS) is 16.6. The van der Waals surface area contributed by atoms with Crippen molar-refractivity contribution in [2.24, 2.45) is 5.41 Å². The molecule has 2 N–H and O–H groups in total. The summed E-state index contributed by atoms with van der Waals surface area (Å²) in [4.78, 5) is 23.3. The van der Waals surface area contributed by atoms with Crippen molar-refractivity contribution in [3.8, 4) is 0 Å². The minimum absolute atomic E-state index is 0.0449. The largest absolute Gasteiger partial charge is 0.421 e. The number of nitrogens with one attached hydrogen (secondary N) is 1. The van der Waals surface area contributed by atoms with Gasteiger partial charge in [0.2, 0.25) is 5.91 Å². The van der Waals surface area contributed by atoms with Gasteiger partial charge in [-0.25, -0.2) is 0 Å². The van der Waals surface area contributed by atoms with Gasteiger partial charge in [0.25, 0.3) is 5.56 Å². The summed E-state index contributed by atoms with van der Waals surface area (Å²) in [5, 5.41) is 11.6. The Balaban J connectivity index is 2.03. The first kappa shape index (κ1) is 15.6. The molecule has 5 nitrogen and oxygen atoms in total. The first-order chi connectivity index (χ1) is 9.77. The Labute approximate surface area is 118 Å². The summed E-state index contributed by atoms with van der Waals surface area (Å²) < 4.78 is 38.5. The fourth-order valence-corrected chi connectivity index (χ4v) is 1.94. The van der Waals surface area contributed by atoms with Crippen LogP contribution in [0.25, 0.3) is 0 Å². The number of carbonyl (C=O) groups is 1. The SMILES string of the molecule is O=C(Cn1cccc(C(F)(F)F)c1=O)NCC1(CO)CC1. The van der Waals surface area contributed by atoms with Crippen molar-refractivity contribution in [2.75, 3.05) is 13.2 Å². The number of hydrogen-bond donors (Lipinski definition) is 2. The van der Waals surface area contributed by atoms with E-state index in [2.05, 4.69) is 5.32 Å². The smallest absolute Gasteiger partial charge is 0.396 e. The van der Waals surface area contributed by atoms with Crippen LogP contribution in [0.2, 0.25) is 0 Å². The lowest BCUT2D eigenvalue weighted by Gasteiger charge is -2.14. The molecule has 2 rings (SSSR count). The number of amides is 1. The van der Waals surface area contributed by atoms with Gasteiger partial charge in [-0.3, -0.25) is 9.59 Å². The molecular weight excluding hydrogens is 289 g/mol. The molecule has 1 fully saturated rings. The Kier molecular flexibility index (Phi) is 4.08. The number of hydrogen-bond acceptors (Lipinski definition) is 3. The Hall–Kier alpha value is -1.83. The quantitative estimate of drug-likeness (QED) is 0.843. The molecule has 0 atom stereocenters. The highest BCUT2D eigenvalue weighted by molar-refractivity contribution is 5.75. The number of alkyl halides is 3. The van der Waals surface area contributed by atoms with Crippen LogP contribution in [-0.4, -0.2) is 28.7 Å². The van der Waals surface area contributed by atoms with Gasteiger partial charge in [-0.1, -0.05) is 0 Å². The number of nitrogens with zero attached hydrogens (tertiary/aromatic N) is 1. The predicted molar refractivity (Wildman–Crippen MR) is 67.5 cm³/mol. The van der Waals surface area contributed by atoms with E-state index in [1.165, 1.54) is 0 Å². The summed E-state index contributed by atoms with van der Waals surface area (Å²) in [7, 11) is 0. The van der Waals surface area contributed by atoms with E-state index >= 15 is 0 Å². The zero-order valence-corrected chi connectivity index (χ0v) is 11.1. The summed E-state index contributed by atoms with van der Waals surface area (Å²) in [6, 6.07) is 1.76. The minimum atomic E-state index is -4.74. The second-order valence-electron chi connectivity index (χ2n) is 5.29. The Morgan fingerprint density at radius 1 is 1.43 bits per heavy atom. The van der Waals surface area contributed by atoms with Crippen LogP contribution in [0, 0.1) is 5.41 Å². The van der Waals surface area contributed by atoms with E-state index in [0.29, 0.717) is 6.07 Å². The lowest BCUT2D eigenvalue weighted by molar-refractivity contribution is -0.139. The molecule has 8 heteroatoms. The third-order valence-electron chi connectivity index (χ3n) is 3.59. The average Bonchev–Trinajstić information content (AvgIpc) is 3.18. The van der Waals surface area contributed by atoms with Crippen LogP contribution in [0.5, 0.6) is 0 Å². The molecule has 0 aliphatic heterocycles. The van der Waals surface area contributed by atoms with Crippen LogP contribution < -0.4 is 10.9 Å². The second-order valence-corrected chi connectivity index (χ2v) is 5.29. The molecular formula is C13H15F3N2O3. The number of aromatic nitrogens is 1. The van der Waals surface area contributed by atoms with Gasteiger partial charge in [-0.15, -0.1) is 0 Å². The zero-order chi connectivity index (χ0) is 15.7. The maximum absolute atomic E-state index is 12.6. The van der Waals surface area contributed by atoms with Gasteiger partial charge < -0.3 is 15.0 Å². The van der Waals surface area contributed by atoms with E-state index in [4.69, 9.17) is 5.11 Å². The number of aliphatic hydroxyl groups excluding tert-OH is 1. The lowest BCUT2D eigenvalue weighted by atomic mass is 10.1. The van der Waals surface area contributed by atoms with Gasteiger partial charge in [0.1, 0.15) is 12.1 Å². The van der Waals surface area contributed by atoms with E-state index in [-0.39, 0.29) is 18.6 Å². The number of pyridine rings is 1. The van der Waals surface area contributed by atoms with Crippen LogP contribution in [0.1, 0.15) is 18.4 Å². The minimum Gasteiger partial charge on any atom is -0.396 e. The Morgan fingerprint density at radius 2 is 2.10 bits per heavy atom. The molecule has 1 aromatic heterocycles. The highest BCUT2D eigenvalue weighted by Crippen LogP contribution is 2.44. The summed E-state index contributed by atoms with van der Waals surface area (Å²) in [6.45, 7) is -0.267. The molecule has 1 aliphatic carbocycles. The van der Waals surface area contributed by atoms with Crippen molar-refractivity contribution in [1.29, 1.82) is 0 Å². The van der Waals surface area contributed by atoms with Crippen LogP contribution in [0.15, 0.2) is 23.1 Å². The molecule has 21 heavy (non-hydrogen) atoms. The Morgan fingerprint density at radius 3 is 2.62 bits per heavy atom. The highest BCUT2D eigenvalue weighted by Gasteiger charge is 2.42. The molecule has 1 aliphatic rings. The molecule has 116 valence electrons. The number of carbonyl (C=O) groups excluding carboxylic acids is 1. The van der Waals surface area contributed by atoms with E-state index < -0.39 is 29.8 Å². The summed E-state index contributed by atoms with van der Waals surface area (Å²) in [5.41, 5.74) is -2.84. The van der Waals surface area contributed by atoms with Gasteiger partial charge in [-0.2, -0.15) is 13.2 Å². The van der Waals surface area contributed by atoms with Crippen molar-refractivity contribution in [3.05, 3.63) is 34.2 Å². The first-order valence-electron chi connectivity index (χ1n) is 6.42. The van der Waals surface area contributed by atoms with Gasteiger partial charge in [0.15, 0.2) is 0 Å². The van der Waals surface area contributed by atoms with Gasteiger partial charge in [-0.05, 0) is 25.0 Å². The third-order valence-corrected chi connectivity index (χ3v) is 3.59. The van der Waals surface area contributed by atoms with Gasteiger partial charge >= 0.3 is 6.18 Å². The van der Waals surface area contributed by atoms with Gasteiger partial charge in [0, 0.05) is 18.2 Å². The van der Waals surface area contributed by atoms with E-state index in [9.17, 15) is 22.8 Å². The number of halogens is 3. The molecule has 0 saturated heterocycles. The number of aliphatic hydroxyl groups is 1. The van der Waals surface area contributed by atoms with E-state index in [1.807, 2.05) is 0 Å². The maximum Gasteiger partial charge on any atom is 0.421 e. The highest BCUT2D eigenvalue weighted by atomic mass is 19.4. The summed E-state index contributed by atoms with van der Waals surface area (Å²) in [6.07, 6.45) is -2.01. The summed E-state index contributed by atoms with van der Waals surface area (Å²) >= 11 is 0. The zero-order valence-electron chi connectivity index (χ0n) is 11.1. The molecule has 0 aromatic carbocycles. The molecule has 0 spiro atoms. The van der Waals surface area contributed by atoms with Crippen molar-refractivity contribution in [1.82, 2.24) is 9.88 Å². The second kappa shape index (κ2) is 5.51. The fourth-order valence-electron chi connectivity index (χ4n) is 1.94. The summed E-state index contributed by atoms with van der Waals surface area (Å²) in [5.74, 6) is -0.559. The van der Waals surface area contributed by atoms with Crippen molar-refractivity contribution >= 4 is 5.91 Å². The van der Waals surface area contributed by atoms with E-state index in [0.717, 1.165) is 29.7 Å². The van der Waals surface area contributed by atoms with Crippen molar-refractivity contribution < 1.29 is 23.1 Å². The first-order valence-corrected chi connectivity index (χ1v) is 6.42. The van der Waals surface area contributed by atoms with Crippen LogP contribution in [0.3, 0.4) is 0 Å². The lowest BCUT2D eigenvalue weighted by Crippen LogP contribution is -2.37. The third kappa shape index (κ3) is 3.63. The molecule has 1 heterocycles. The topological polar surface area (TPSA) is 71.3 Å².